The maximum atomic E-state index is 5.96. The van der Waals surface area contributed by atoms with Crippen molar-refractivity contribution in [1.29, 1.82) is 0 Å². The van der Waals surface area contributed by atoms with Gasteiger partial charge in [-0.3, -0.25) is 4.40 Å². The summed E-state index contributed by atoms with van der Waals surface area (Å²) in [5.41, 5.74) is 4.80. The molecule has 4 aromatic rings. The predicted octanol–water partition coefficient (Wildman–Crippen LogP) is 6.43. The molecule has 2 heterocycles. The second-order valence-electron chi connectivity index (χ2n) is 6.59. The number of hydrogen-bond acceptors (Lipinski definition) is 2. The number of hydrogen-bond donors (Lipinski definition) is 0. The van der Waals surface area contributed by atoms with Crippen molar-refractivity contribution in [2.24, 2.45) is 0 Å². The smallest absolute Gasteiger partial charge is 0.194 e. The van der Waals surface area contributed by atoms with Gasteiger partial charge in [-0.2, -0.15) is 0 Å². The van der Waals surface area contributed by atoms with E-state index in [1.54, 1.807) is 11.3 Å². The predicted molar refractivity (Wildman–Crippen MR) is 107 cm³/mol. The maximum absolute atomic E-state index is 5.96. The standard InChI is InChI=1S/C21H19ClN2S/c1-14(2)16-5-3-15(4-6-16)11-19-12-24-13-20(23-21(24)25-19)17-7-9-18(22)10-8-17/h3-10,12-14H,11H2,1-2H3. The zero-order chi connectivity index (χ0) is 17.4. The SMILES string of the molecule is CC(C)c1ccc(Cc2cn3cc(-c4ccc(Cl)cc4)nc3s2)cc1. The minimum Gasteiger partial charge on any atom is -0.297 e. The maximum Gasteiger partial charge on any atom is 0.194 e. The third kappa shape index (κ3) is 3.48. The molecule has 0 aliphatic rings. The molecule has 0 spiro atoms. The zero-order valence-electron chi connectivity index (χ0n) is 14.2. The topological polar surface area (TPSA) is 17.3 Å². The third-order valence-corrected chi connectivity index (χ3v) is 5.62. The Kier molecular flexibility index (Phi) is 4.36. The Hall–Kier alpha value is -2.10. The van der Waals surface area contributed by atoms with E-state index in [1.165, 1.54) is 16.0 Å². The third-order valence-electron chi connectivity index (χ3n) is 4.37. The van der Waals surface area contributed by atoms with Gasteiger partial charge in [0.1, 0.15) is 0 Å². The molecule has 0 radical (unpaired) electrons. The van der Waals surface area contributed by atoms with Crippen LogP contribution in [0, 0.1) is 0 Å². The molecule has 0 fully saturated rings. The summed E-state index contributed by atoms with van der Waals surface area (Å²) < 4.78 is 2.12. The van der Waals surface area contributed by atoms with Crippen LogP contribution in [0.25, 0.3) is 16.2 Å². The van der Waals surface area contributed by atoms with Gasteiger partial charge in [0, 0.05) is 34.3 Å². The first-order chi connectivity index (χ1) is 12.1. The number of fused-ring (bicyclic) bond motifs is 1. The molecule has 2 aromatic carbocycles. The van der Waals surface area contributed by atoms with Crippen molar-refractivity contribution in [3.05, 3.63) is 82.0 Å². The van der Waals surface area contributed by atoms with Crippen LogP contribution in [-0.4, -0.2) is 9.38 Å². The quantitative estimate of drug-likeness (QED) is 0.406. The second kappa shape index (κ2) is 6.66. The van der Waals surface area contributed by atoms with Crippen molar-refractivity contribution in [3.8, 4) is 11.3 Å². The van der Waals surface area contributed by atoms with Gasteiger partial charge in [-0.1, -0.05) is 61.8 Å². The summed E-state index contributed by atoms with van der Waals surface area (Å²) >= 11 is 7.70. The summed E-state index contributed by atoms with van der Waals surface area (Å²) in [5, 5.41) is 0.746. The van der Waals surface area contributed by atoms with Crippen LogP contribution < -0.4 is 0 Å². The van der Waals surface area contributed by atoms with Gasteiger partial charge in [-0.15, -0.1) is 11.3 Å². The van der Waals surface area contributed by atoms with E-state index in [2.05, 4.69) is 54.9 Å². The highest BCUT2D eigenvalue weighted by molar-refractivity contribution is 7.17. The van der Waals surface area contributed by atoms with Crippen LogP contribution in [0.1, 0.15) is 35.8 Å². The molecule has 4 heteroatoms. The lowest BCUT2D eigenvalue weighted by atomic mass is 10.0. The molecule has 4 rings (SSSR count). The van der Waals surface area contributed by atoms with Crippen molar-refractivity contribution >= 4 is 27.9 Å². The van der Waals surface area contributed by atoms with E-state index in [4.69, 9.17) is 16.6 Å². The number of benzene rings is 2. The molecule has 0 saturated heterocycles. The monoisotopic (exact) mass is 366 g/mol. The molecular formula is C21H19ClN2S. The number of halogens is 1. The number of thiazole rings is 1. The second-order valence-corrected chi connectivity index (χ2v) is 8.12. The molecule has 0 aliphatic carbocycles. The molecule has 0 amide bonds. The van der Waals surface area contributed by atoms with E-state index in [0.29, 0.717) is 5.92 Å². The van der Waals surface area contributed by atoms with Crippen molar-refractivity contribution < 1.29 is 0 Å². The number of imidazole rings is 1. The summed E-state index contributed by atoms with van der Waals surface area (Å²) in [6.07, 6.45) is 5.21. The summed E-state index contributed by atoms with van der Waals surface area (Å²) in [5.74, 6) is 0.574. The number of rotatable bonds is 4. The van der Waals surface area contributed by atoms with Crippen LogP contribution in [-0.2, 0) is 6.42 Å². The van der Waals surface area contributed by atoms with Gasteiger partial charge in [0.2, 0.25) is 0 Å². The normalized spacial score (nSPS) is 11.5. The first-order valence-electron chi connectivity index (χ1n) is 8.41. The fourth-order valence-electron chi connectivity index (χ4n) is 2.91. The Morgan fingerprint density at radius 3 is 2.36 bits per heavy atom. The van der Waals surface area contributed by atoms with E-state index >= 15 is 0 Å². The highest BCUT2D eigenvalue weighted by atomic mass is 35.5. The van der Waals surface area contributed by atoms with Gasteiger partial charge < -0.3 is 0 Å². The van der Waals surface area contributed by atoms with Gasteiger partial charge >= 0.3 is 0 Å². The molecule has 0 saturated carbocycles. The highest BCUT2D eigenvalue weighted by Gasteiger charge is 2.09. The van der Waals surface area contributed by atoms with E-state index < -0.39 is 0 Å². The molecule has 0 bridgehead atoms. The molecule has 2 nitrogen and oxygen atoms in total. The molecule has 0 unspecified atom stereocenters. The fraction of sp³-hybridized carbons (Fsp3) is 0.190. The van der Waals surface area contributed by atoms with Crippen molar-refractivity contribution in [2.75, 3.05) is 0 Å². The van der Waals surface area contributed by atoms with Crippen LogP contribution in [0.3, 0.4) is 0 Å². The van der Waals surface area contributed by atoms with Crippen molar-refractivity contribution in [1.82, 2.24) is 9.38 Å². The Morgan fingerprint density at radius 1 is 1.00 bits per heavy atom. The summed E-state index contributed by atoms with van der Waals surface area (Å²) in [6.45, 7) is 4.45. The molecule has 25 heavy (non-hydrogen) atoms. The van der Waals surface area contributed by atoms with E-state index in [1.807, 2.05) is 24.3 Å². The van der Waals surface area contributed by atoms with Crippen LogP contribution in [0.5, 0.6) is 0 Å². The molecule has 2 aromatic heterocycles. The Bertz CT molecular complexity index is 963. The van der Waals surface area contributed by atoms with Crippen molar-refractivity contribution in [3.63, 3.8) is 0 Å². The summed E-state index contributed by atoms with van der Waals surface area (Å²) in [4.78, 5) is 7.10. The Labute approximate surface area is 156 Å². The molecule has 126 valence electrons. The average Bonchev–Trinajstić information content (AvgIpc) is 3.14. The Balaban J connectivity index is 1.55. The van der Waals surface area contributed by atoms with Gasteiger partial charge in [-0.05, 0) is 29.2 Å². The summed E-state index contributed by atoms with van der Waals surface area (Å²) in [7, 11) is 0. The van der Waals surface area contributed by atoms with Crippen LogP contribution in [0.4, 0.5) is 0 Å². The fourth-order valence-corrected chi connectivity index (χ4v) is 4.03. The first kappa shape index (κ1) is 16.4. The average molecular weight is 367 g/mol. The van der Waals surface area contributed by atoms with Crippen LogP contribution in [0.2, 0.25) is 5.02 Å². The number of nitrogens with zero attached hydrogens (tertiary/aromatic N) is 2. The Morgan fingerprint density at radius 2 is 1.72 bits per heavy atom. The zero-order valence-corrected chi connectivity index (χ0v) is 15.8. The highest BCUT2D eigenvalue weighted by Crippen LogP contribution is 2.26. The molecular weight excluding hydrogens is 348 g/mol. The van der Waals surface area contributed by atoms with Gasteiger partial charge in [0.25, 0.3) is 0 Å². The molecule has 0 N–H and O–H groups in total. The van der Waals surface area contributed by atoms with Crippen molar-refractivity contribution in [2.45, 2.75) is 26.2 Å². The molecule has 0 aliphatic heterocycles. The van der Waals surface area contributed by atoms with Crippen LogP contribution in [0.15, 0.2) is 60.9 Å². The number of aromatic nitrogens is 2. The van der Waals surface area contributed by atoms with Gasteiger partial charge in [0.15, 0.2) is 4.96 Å². The first-order valence-corrected chi connectivity index (χ1v) is 9.60. The van der Waals surface area contributed by atoms with Crippen LogP contribution >= 0.6 is 22.9 Å². The van der Waals surface area contributed by atoms with E-state index in [0.717, 1.165) is 27.7 Å². The minimum atomic E-state index is 0.574. The van der Waals surface area contributed by atoms with E-state index in [-0.39, 0.29) is 0 Å². The lowest BCUT2D eigenvalue weighted by Gasteiger charge is -2.06. The van der Waals surface area contributed by atoms with Gasteiger partial charge in [0.05, 0.1) is 5.69 Å². The minimum absolute atomic E-state index is 0.574. The molecule has 0 atom stereocenters. The van der Waals surface area contributed by atoms with Gasteiger partial charge in [-0.25, -0.2) is 4.98 Å². The summed E-state index contributed by atoms with van der Waals surface area (Å²) in [6, 6.07) is 16.7. The lowest BCUT2D eigenvalue weighted by molar-refractivity contribution is 0.865. The van der Waals surface area contributed by atoms with E-state index in [9.17, 15) is 0 Å². The lowest BCUT2D eigenvalue weighted by Crippen LogP contribution is -1.89. The largest absolute Gasteiger partial charge is 0.297 e.